The molecule has 3 aliphatic rings. The fraction of sp³-hybridized carbons (Fsp3) is 0.523. The molecule has 0 unspecified atom stereocenters. The zero-order valence-electron chi connectivity index (χ0n) is 38.4. The summed E-state index contributed by atoms with van der Waals surface area (Å²) >= 11 is 0. The van der Waals surface area contributed by atoms with Crippen molar-refractivity contribution in [3.8, 4) is 28.7 Å². The van der Waals surface area contributed by atoms with Gasteiger partial charge in [0.15, 0.2) is 0 Å². The van der Waals surface area contributed by atoms with E-state index in [1.54, 1.807) is 36.2 Å². The number of hydrogen-bond donors (Lipinski definition) is 1. The van der Waals surface area contributed by atoms with Gasteiger partial charge in [0, 0.05) is 63.5 Å². The van der Waals surface area contributed by atoms with Gasteiger partial charge in [0.2, 0.25) is 0 Å². The largest absolute Gasteiger partial charge is 0.462 e. The van der Waals surface area contributed by atoms with Gasteiger partial charge in [-0.2, -0.15) is 9.97 Å². The Bertz CT molecular complexity index is 2440. The van der Waals surface area contributed by atoms with Gasteiger partial charge in [-0.15, -0.1) is 5.54 Å². The molecule has 0 bridgehead atoms. The van der Waals surface area contributed by atoms with E-state index in [0.29, 0.717) is 67.1 Å². The Morgan fingerprint density at radius 2 is 1.91 bits per heavy atom. The third kappa shape index (κ3) is 6.94. The van der Waals surface area contributed by atoms with Crippen LogP contribution >= 0.6 is 0 Å². The molecule has 2 N–H and O–H groups in total. The molecule has 0 amide bonds. The number of hydrogen-bond acceptors (Lipinski definition) is 8. The fourth-order valence-electron chi connectivity index (χ4n) is 9.30. The Morgan fingerprint density at radius 1 is 1.16 bits per heavy atom. The number of anilines is 2. The van der Waals surface area contributed by atoms with Crippen LogP contribution in [-0.2, 0) is 4.74 Å². The summed E-state index contributed by atoms with van der Waals surface area (Å²) in [5, 5.41) is 1.62. The zero-order chi connectivity index (χ0) is 44.6. The number of alkyl halides is 1. The van der Waals surface area contributed by atoms with E-state index in [-0.39, 0.29) is 56.2 Å². The minimum atomic E-state index is -2.74. The molecule has 8 nitrogen and oxygen atoms in total. The first-order valence-corrected chi connectivity index (χ1v) is 21.8. The van der Waals surface area contributed by atoms with E-state index in [1.807, 2.05) is 0 Å². The fourth-order valence-corrected chi connectivity index (χ4v) is 14.5. The van der Waals surface area contributed by atoms with Crippen LogP contribution in [-0.4, -0.2) is 86.5 Å². The maximum Gasteiger partial charge on any atom is 0.318 e. The summed E-state index contributed by atoms with van der Waals surface area (Å²) in [5.41, 5.74) is 11.7. The maximum absolute atomic E-state index is 16.2. The third-order valence-corrected chi connectivity index (χ3v) is 18.7. The van der Waals surface area contributed by atoms with Crippen molar-refractivity contribution in [3.05, 3.63) is 59.3 Å². The first-order chi connectivity index (χ1) is 28.6. The predicted molar refractivity (Wildman–Crippen MR) is 223 cm³/mol. The van der Waals surface area contributed by atoms with Crippen molar-refractivity contribution in [2.45, 2.75) is 90.6 Å². The Kier molecular flexibility index (Phi) is 9.26. The number of nitrogen functional groups attached to an aromatic ring is 1. The monoisotopic (exact) mass is 789 g/mol. The van der Waals surface area contributed by atoms with Gasteiger partial charge in [-0.05, 0) is 66.1 Å². The number of aryl methyl sites for hydroxylation is 1. The molecule has 0 radical (unpaired) electrons. The number of halogens is 3. The number of rotatable bonds is 8. The summed E-state index contributed by atoms with van der Waals surface area (Å²) in [6.45, 7) is 11.5. The molecular weight excluding hydrogens is 730 g/mol. The minimum Gasteiger partial charge on any atom is -0.462 e. The Hall–Kier alpha value is -4.18. The lowest BCUT2D eigenvalue weighted by Crippen LogP contribution is -2.44. The Labute approximate surface area is 337 Å². The van der Waals surface area contributed by atoms with Gasteiger partial charge < -0.3 is 25.0 Å². The van der Waals surface area contributed by atoms with Gasteiger partial charge in [-0.1, -0.05) is 60.5 Å². The van der Waals surface area contributed by atoms with Gasteiger partial charge in [0.1, 0.15) is 32.4 Å². The highest BCUT2D eigenvalue weighted by atomic mass is 28.3. The van der Waals surface area contributed by atoms with E-state index in [4.69, 9.17) is 34.3 Å². The van der Waals surface area contributed by atoms with E-state index in [9.17, 15) is 7.13 Å². The van der Waals surface area contributed by atoms with Crippen molar-refractivity contribution in [2.75, 3.05) is 57.0 Å². The molecule has 3 fully saturated rings. The van der Waals surface area contributed by atoms with Crippen LogP contribution in [0.2, 0.25) is 16.6 Å². The van der Waals surface area contributed by atoms with Crippen LogP contribution in [0.15, 0.2) is 42.4 Å². The second-order valence-corrected chi connectivity index (χ2v) is 22.3. The van der Waals surface area contributed by atoms with Gasteiger partial charge in [0.25, 0.3) is 0 Å². The summed E-state index contributed by atoms with van der Waals surface area (Å²) in [4.78, 5) is 17.3. The number of aromatic nitrogens is 3. The van der Waals surface area contributed by atoms with Crippen molar-refractivity contribution in [1.29, 1.82) is 0 Å². The normalized spacial score (nSPS) is 25.7. The molecule has 2 aromatic heterocycles. The van der Waals surface area contributed by atoms with Crippen LogP contribution < -0.4 is 15.4 Å². The average molecular weight is 790 g/mol. The van der Waals surface area contributed by atoms with E-state index in [0.717, 1.165) is 4.90 Å². The lowest BCUT2D eigenvalue weighted by Gasteiger charge is -2.40. The molecule has 56 heavy (non-hydrogen) atoms. The molecule has 4 aromatic rings. The molecule has 0 spiro atoms. The van der Waals surface area contributed by atoms with Crippen molar-refractivity contribution < 1.29 is 29.5 Å². The van der Waals surface area contributed by atoms with Crippen molar-refractivity contribution in [1.82, 2.24) is 19.9 Å². The van der Waals surface area contributed by atoms with E-state index in [1.165, 1.54) is 13.0 Å². The second-order valence-electron chi connectivity index (χ2n) is 16.8. The highest BCUT2D eigenvalue weighted by Crippen LogP contribution is 2.46. The summed E-state index contributed by atoms with van der Waals surface area (Å²) in [6, 6.07) is 5.56. The number of fused-ring (bicyclic) bond motifs is 3. The SMILES string of the molecule is [2H]C([2H])([2H])N1CC/C(=C\F)[C@](C)(C([2H])([2H])Oc2nc(N3CCOC[C@H]4[C@H](F)[C@H]43)c3cnc(-c4cc(N)cc5ccc(F)c(C#C[Si](C(C)C)(C(C)C)C(C)C)c45)c(C)c3n2)C1. The lowest BCUT2D eigenvalue weighted by atomic mass is 9.78. The predicted octanol–water partition coefficient (Wildman–Crippen LogP) is 9.19. The molecule has 1 saturated carbocycles. The standard InChI is InChI=1S/C44H55F3N6O2Si/c1-25(2)56(26(3)4,27(5)6)17-13-32-36(46)11-10-29-18-31(48)19-33(37(29)32)39-28(7)40-34(21-49-39)42(53-15-16-54-22-35-38(47)41(35)53)51-43(50-40)55-24-44(8)23-52(9)14-12-30(44)20-45/h10-11,18-21,25-27,35,38,41H,12,14-16,22-24,48H2,1-9H3/b30-20+/t35-,38-,41-,44-/m0/s1/i9D3,24D2. The quantitative estimate of drug-likeness (QED) is 0.107. The number of likely N-dealkylation sites (tertiary alicyclic amines) is 1. The van der Waals surface area contributed by atoms with Gasteiger partial charge in [-0.3, -0.25) is 4.98 Å². The van der Waals surface area contributed by atoms with Crippen LogP contribution in [0.1, 0.15) is 72.9 Å². The molecule has 1 aliphatic carbocycles. The van der Waals surface area contributed by atoms with E-state index >= 15 is 8.78 Å². The van der Waals surface area contributed by atoms with Crippen LogP contribution in [0.5, 0.6) is 6.01 Å². The average Bonchev–Trinajstić information content (AvgIpc) is 3.87. The minimum absolute atomic E-state index is 0.000626. The summed E-state index contributed by atoms with van der Waals surface area (Å²) < 4.78 is 100. The molecule has 4 heterocycles. The first-order valence-electron chi connectivity index (χ1n) is 22.0. The van der Waals surface area contributed by atoms with Crippen molar-refractivity contribution in [3.63, 3.8) is 0 Å². The molecule has 2 aliphatic heterocycles. The van der Waals surface area contributed by atoms with Gasteiger partial charge in [0.05, 0.1) is 50.5 Å². The molecule has 2 aromatic carbocycles. The van der Waals surface area contributed by atoms with Crippen molar-refractivity contribution >= 4 is 41.3 Å². The zero-order valence-corrected chi connectivity index (χ0v) is 34.4. The van der Waals surface area contributed by atoms with Gasteiger partial charge >= 0.3 is 6.01 Å². The highest BCUT2D eigenvalue weighted by Gasteiger charge is 2.56. The van der Waals surface area contributed by atoms with E-state index < -0.39 is 57.0 Å². The molecular formula is C44H55F3N6O2Si. The molecule has 298 valence electrons. The number of nitrogens with two attached hydrogens (primary N) is 1. The molecule has 7 rings (SSSR count). The first kappa shape index (κ1) is 33.9. The Balaban J connectivity index is 1.45. The van der Waals surface area contributed by atoms with Crippen LogP contribution in [0.3, 0.4) is 0 Å². The molecule has 2 saturated heterocycles. The van der Waals surface area contributed by atoms with Crippen molar-refractivity contribution in [2.24, 2.45) is 11.3 Å². The second kappa shape index (κ2) is 15.3. The summed E-state index contributed by atoms with van der Waals surface area (Å²) in [7, 11) is -2.30. The third-order valence-electron chi connectivity index (χ3n) is 12.4. The number of piperidine rings is 1. The topological polar surface area (TPSA) is 89.6 Å². The lowest BCUT2D eigenvalue weighted by molar-refractivity contribution is 0.109. The van der Waals surface area contributed by atoms with Gasteiger partial charge in [-0.25, -0.2) is 13.2 Å². The maximum atomic E-state index is 16.2. The van der Waals surface area contributed by atoms with Crippen LogP contribution in [0.25, 0.3) is 32.9 Å². The Morgan fingerprint density at radius 3 is 2.61 bits per heavy atom. The van der Waals surface area contributed by atoms with E-state index in [2.05, 4.69) is 53.0 Å². The molecule has 12 heteroatoms. The van der Waals surface area contributed by atoms with Crippen LogP contribution in [0, 0.1) is 35.5 Å². The highest BCUT2D eigenvalue weighted by molar-refractivity contribution is 6.90. The summed E-state index contributed by atoms with van der Waals surface area (Å²) in [6.07, 6.45) is 0.636. The molecule has 4 atom stereocenters. The number of benzene rings is 2. The number of nitrogens with zero attached hydrogens (tertiary/aromatic N) is 5. The van der Waals surface area contributed by atoms with Crippen LogP contribution in [0.4, 0.5) is 24.7 Å². The number of pyridine rings is 1. The number of ether oxygens (including phenoxy) is 2. The summed E-state index contributed by atoms with van der Waals surface area (Å²) in [5.74, 6) is 2.70. The smallest absolute Gasteiger partial charge is 0.318 e.